The highest BCUT2D eigenvalue weighted by atomic mass is 16.5. The van der Waals surface area contributed by atoms with Crippen molar-refractivity contribution in [3.05, 3.63) is 41.3 Å². The number of carbonyl (C=O) groups is 2. The maximum Gasteiger partial charge on any atom is 0.257 e. The van der Waals surface area contributed by atoms with Gasteiger partial charge in [-0.25, -0.2) is 4.98 Å². The first-order valence-corrected chi connectivity index (χ1v) is 11.0. The van der Waals surface area contributed by atoms with E-state index in [9.17, 15) is 9.59 Å². The predicted octanol–water partition coefficient (Wildman–Crippen LogP) is 4.07. The molecule has 0 saturated heterocycles. The molecular weight excluding hydrogens is 380 g/mol. The second kappa shape index (κ2) is 10.9. The summed E-state index contributed by atoms with van der Waals surface area (Å²) in [6.45, 7) is 8.28. The number of Topliss-reactive ketones (excluding diaryl/α,β-unsaturated/α-hetero) is 1. The first-order valence-electron chi connectivity index (χ1n) is 11.0. The molecule has 2 aromatic rings. The van der Waals surface area contributed by atoms with Crippen molar-refractivity contribution < 1.29 is 14.3 Å². The number of fused-ring (bicyclic) bond motifs is 1. The van der Waals surface area contributed by atoms with Crippen molar-refractivity contribution in [1.82, 2.24) is 14.9 Å². The fourth-order valence-corrected chi connectivity index (χ4v) is 3.88. The van der Waals surface area contributed by atoms with Crippen LogP contribution in [0.25, 0.3) is 0 Å². The highest BCUT2D eigenvalue weighted by Crippen LogP contribution is 2.25. The fraction of sp³-hybridized carbons (Fsp3) is 0.522. The van der Waals surface area contributed by atoms with Crippen LogP contribution in [-0.2, 0) is 6.42 Å². The summed E-state index contributed by atoms with van der Waals surface area (Å²) >= 11 is 0. The minimum atomic E-state index is -0.301. The van der Waals surface area contributed by atoms with E-state index in [1.807, 2.05) is 0 Å². The topological polar surface area (TPSA) is 87.3 Å². The number of pyridine rings is 1. The Labute approximate surface area is 178 Å². The predicted molar refractivity (Wildman–Crippen MR) is 117 cm³/mol. The molecule has 0 bridgehead atoms. The second-order valence-electron chi connectivity index (χ2n) is 7.72. The third-order valence-corrected chi connectivity index (χ3v) is 5.26. The number of carbonyl (C=O) groups excluding carboxylic acids is 2. The number of amides is 1. The largest absolute Gasteiger partial charge is 0.478 e. The van der Waals surface area contributed by atoms with E-state index in [1.54, 1.807) is 24.5 Å². The normalized spacial score (nSPS) is 13.4. The Balaban J connectivity index is 1.48. The number of aromatic amines is 1. The smallest absolute Gasteiger partial charge is 0.257 e. The first-order chi connectivity index (χ1) is 14.6. The van der Waals surface area contributed by atoms with E-state index in [2.05, 4.69) is 34.0 Å². The number of ketones is 1. The van der Waals surface area contributed by atoms with Crippen LogP contribution < -0.4 is 10.1 Å². The van der Waals surface area contributed by atoms with Gasteiger partial charge in [-0.2, -0.15) is 0 Å². The molecule has 1 amide bonds. The summed E-state index contributed by atoms with van der Waals surface area (Å²) in [4.78, 5) is 34.6. The van der Waals surface area contributed by atoms with Gasteiger partial charge in [-0.3, -0.25) is 9.59 Å². The minimum absolute atomic E-state index is 0.0287. The molecule has 0 fully saturated rings. The van der Waals surface area contributed by atoms with Gasteiger partial charge in [0.25, 0.3) is 5.91 Å². The summed E-state index contributed by atoms with van der Waals surface area (Å²) in [5.41, 5.74) is 2.36. The molecule has 0 spiro atoms. The first kappa shape index (κ1) is 22.0. The summed E-state index contributed by atoms with van der Waals surface area (Å²) in [5, 5.41) is 2.82. The van der Waals surface area contributed by atoms with Crippen LogP contribution in [0, 0.1) is 0 Å². The number of ether oxygens (including phenoxy) is 1. The van der Waals surface area contributed by atoms with Gasteiger partial charge in [0.2, 0.25) is 5.88 Å². The zero-order valence-corrected chi connectivity index (χ0v) is 18.0. The van der Waals surface area contributed by atoms with Crippen molar-refractivity contribution in [2.45, 2.75) is 52.4 Å². The van der Waals surface area contributed by atoms with Crippen molar-refractivity contribution in [2.75, 3.05) is 31.6 Å². The molecule has 0 radical (unpaired) electrons. The maximum absolute atomic E-state index is 12.6. The molecule has 2 N–H and O–H groups in total. The van der Waals surface area contributed by atoms with E-state index in [0.29, 0.717) is 35.7 Å². The van der Waals surface area contributed by atoms with Gasteiger partial charge >= 0.3 is 0 Å². The molecule has 7 nitrogen and oxygen atoms in total. The molecule has 162 valence electrons. The molecule has 0 saturated carbocycles. The lowest BCUT2D eigenvalue weighted by Crippen LogP contribution is -2.27. The van der Waals surface area contributed by atoms with E-state index < -0.39 is 0 Å². The number of hydrogen-bond donors (Lipinski definition) is 2. The third-order valence-electron chi connectivity index (χ3n) is 5.26. The molecule has 3 rings (SSSR count). The van der Waals surface area contributed by atoms with Crippen molar-refractivity contribution >= 4 is 17.4 Å². The van der Waals surface area contributed by atoms with Gasteiger partial charge in [0.15, 0.2) is 5.78 Å². The number of rotatable bonds is 11. The third kappa shape index (κ3) is 5.69. The maximum atomic E-state index is 12.6. The van der Waals surface area contributed by atoms with E-state index in [-0.39, 0.29) is 11.7 Å². The number of anilines is 1. The standard InChI is InChI=1S/C23H32N4O3/c1-3-11-27(12-4-2)13-6-14-30-21-10-9-17(15-25-21)26-23(29)18-16-24-19-7-5-8-20(28)22(18)19/h9-10,15-16,24H,3-8,11-14H2,1-2H3,(H,26,29). The Morgan fingerprint density at radius 1 is 1.20 bits per heavy atom. The number of nitrogens with one attached hydrogen (secondary N) is 2. The molecule has 0 aromatic carbocycles. The van der Waals surface area contributed by atoms with Crippen molar-refractivity contribution in [3.8, 4) is 5.88 Å². The Hall–Kier alpha value is -2.67. The fourth-order valence-electron chi connectivity index (χ4n) is 3.88. The van der Waals surface area contributed by atoms with Crippen LogP contribution in [0.5, 0.6) is 5.88 Å². The van der Waals surface area contributed by atoms with Crippen LogP contribution >= 0.6 is 0 Å². The SMILES string of the molecule is CCCN(CCC)CCCOc1ccc(NC(=O)c2c[nH]c3c2C(=O)CCC3)cn1. The lowest BCUT2D eigenvalue weighted by atomic mass is 9.93. The van der Waals surface area contributed by atoms with Crippen LogP contribution in [0.2, 0.25) is 0 Å². The Kier molecular flexibility index (Phi) is 8.02. The molecule has 0 unspecified atom stereocenters. The van der Waals surface area contributed by atoms with Crippen molar-refractivity contribution in [3.63, 3.8) is 0 Å². The summed E-state index contributed by atoms with van der Waals surface area (Å²) < 4.78 is 5.73. The molecule has 2 aromatic heterocycles. The van der Waals surface area contributed by atoms with Crippen LogP contribution in [0.3, 0.4) is 0 Å². The summed E-state index contributed by atoms with van der Waals surface area (Å²) in [6, 6.07) is 3.52. The summed E-state index contributed by atoms with van der Waals surface area (Å²) in [6.07, 6.45) is 8.60. The Morgan fingerprint density at radius 2 is 2.00 bits per heavy atom. The molecular formula is C23H32N4O3. The van der Waals surface area contributed by atoms with Gasteiger partial charge in [0.05, 0.1) is 29.6 Å². The highest BCUT2D eigenvalue weighted by Gasteiger charge is 2.25. The number of nitrogens with zero attached hydrogens (tertiary/aromatic N) is 2. The molecule has 7 heteroatoms. The van der Waals surface area contributed by atoms with Crippen LogP contribution in [0.1, 0.15) is 72.4 Å². The van der Waals surface area contributed by atoms with Gasteiger partial charge in [-0.15, -0.1) is 0 Å². The van der Waals surface area contributed by atoms with Gasteiger partial charge in [-0.05, 0) is 51.3 Å². The Morgan fingerprint density at radius 3 is 2.70 bits per heavy atom. The minimum Gasteiger partial charge on any atom is -0.478 e. The molecule has 30 heavy (non-hydrogen) atoms. The summed E-state index contributed by atoms with van der Waals surface area (Å²) in [7, 11) is 0. The molecule has 0 aliphatic heterocycles. The van der Waals surface area contributed by atoms with E-state index in [4.69, 9.17) is 4.74 Å². The van der Waals surface area contributed by atoms with Crippen molar-refractivity contribution in [1.29, 1.82) is 0 Å². The van der Waals surface area contributed by atoms with Crippen LogP contribution in [0.4, 0.5) is 5.69 Å². The van der Waals surface area contributed by atoms with Gasteiger partial charge < -0.3 is 19.9 Å². The van der Waals surface area contributed by atoms with Crippen molar-refractivity contribution in [2.24, 2.45) is 0 Å². The second-order valence-corrected chi connectivity index (χ2v) is 7.72. The quantitative estimate of drug-likeness (QED) is 0.543. The van der Waals surface area contributed by atoms with E-state index in [0.717, 1.165) is 57.4 Å². The van der Waals surface area contributed by atoms with Crippen LogP contribution in [-0.4, -0.2) is 52.8 Å². The molecule has 0 atom stereocenters. The molecule has 2 heterocycles. The lowest BCUT2D eigenvalue weighted by molar-refractivity contribution is 0.0956. The zero-order chi connectivity index (χ0) is 21.3. The molecule has 1 aliphatic rings. The lowest BCUT2D eigenvalue weighted by Gasteiger charge is -2.20. The average molecular weight is 413 g/mol. The van der Waals surface area contributed by atoms with Gasteiger partial charge in [0, 0.05) is 30.9 Å². The molecule has 1 aliphatic carbocycles. The van der Waals surface area contributed by atoms with E-state index >= 15 is 0 Å². The Bertz CT molecular complexity index is 839. The summed E-state index contributed by atoms with van der Waals surface area (Å²) in [5.74, 6) is 0.269. The monoisotopic (exact) mass is 412 g/mol. The van der Waals surface area contributed by atoms with E-state index in [1.165, 1.54) is 0 Å². The number of H-pyrrole nitrogens is 1. The number of aromatic nitrogens is 2. The zero-order valence-electron chi connectivity index (χ0n) is 18.0. The van der Waals surface area contributed by atoms with Gasteiger partial charge in [-0.1, -0.05) is 13.8 Å². The average Bonchev–Trinajstić information content (AvgIpc) is 3.18. The van der Waals surface area contributed by atoms with Crippen LogP contribution in [0.15, 0.2) is 24.5 Å². The number of aryl methyl sites for hydroxylation is 1. The van der Waals surface area contributed by atoms with Gasteiger partial charge in [0.1, 0.15) is 0 Å². The number of hydrogen-bond acceptors (Lipinski definition) is 5. The highest BCUT2D eigenvalue weighted by molar-refractivity contribution is 6.13.